The van der Waals surface area contributed by atoms with Gasteiger partial charge in [-0.3, -0.25) is 0 Å². The van der Waals surface area contributed by atoms with Gasteiger partial charge in [-0.05, 0) is 21.0 Å². The number of nitrogens with zero attached hydrogens (tertiary/aromatic N) is 2. The first-order valence-electron chi connectivity index (χ1n) is 4.46. The number of hydrogen-bond acceptors (Lipinski definition) is 4. The van der Waals surface area contributed by atoms with Crippen molar-refractivity contribution in [3.63, 3.8) is 0 Å². The summed E-state index contributed by atoms with van der Waals surface area (Å²) in [6, 6.07) is 1.95. The van der Waals surface area contributed by atoms with Crippen LogP contribution in [0.5, 0.6) is 0 Å². The van der Waals surface area contributed by atoms with Gasteiger partial charge in [0.1, 0.15) is 5.76 Å². The van der Waals surface area contributed by atoms with E-state index in [-0.39, 0.29) is 0 Å². The molecule has 74 valence electrons. The third kappa shape index (κ3) is 4.05. The summed E-state index contributed by atoms with van der Waals surface area (Å²) in [6.07, 6.45) is 0. The van der Waals surface area contributed by atoms with Gasteiger partial charge < -0.3 is 14.7 Å². The topological polar surface area (TPSA) is 41.3 Å². The summed E-state index contributed by atoms with van der Waals surface area (Å²) >= 11 is 0. The van der Waals surface area contributed by atoms with Gasteiger partial charge in [0.15, 0.2) is 0 Å². The van der Waals surface area contributed by atoms with Crippen LogP contribution in [-0.2, 0) is 6.54 Å². The lowest BCUT2D eigenvalue weighted by Gasteiger charge is -2.08. The molecular weight excluding hydrogens is 166 g/mol. The van der Waals surface area contributed by atoms with E-state index in [0.717, 1.165) is 31.1 Å². The van der Waals surface area contributed by atoms with Gasteiger partial charge >= 0.3 is 0 Å². The Hall–Kier alpha value is -0.870. The lowest BCUT2D eigenvalue weighted by Crippen LogP contribution is -2.26. The molecule has 0 saturated heterocycles. The molecule has 1 rings (SSSR count). The van der Waals surface area contributed by atoms with Crippen molar-refractivity contribution in [2.24, 2.45) is 0 Å². The van der Waals surface area contributed by atoms with Crippen LogP contribution in [0.2, 0.25) is 0 Å². The fourth-order valence-electron chi connectivity index (χ4n) is 1.02. The number of nitrogens with one attached hydrogen (secondary N) is 1. The summed E-state index contributed by atoms with van der Waals surface area (Å²) < 4.78 is 4.94. The molecule has 0 aliphatic carbocycles. The molecule has 13 heavy (non-hydrogen) atoms. The number of rotatable bonds is 5. The van der Waals surface area contributed by atoms with E-state index in [4.69, 9.17) is 4.52 Å². The highest BCUT2D eigenvalue weighted by molar-refractivity contribution is 5.02. The van der Waals surface area contributed by atoms with Crippen molar-refractivity contribution in [1.82, 2.24) is 15.4 Å². The second-order valence-electron chi connectivity index (χ2n) is 3.41. The van der Waals surface area contributed by atoms with Gasteiger partial charge in [0, 0.05) is 25.7 Å². The monoisotopic (exact) mass is 183 g/mol. The minimum absolute atomic E-state index is 0.783. The first-order chi connectivity index (χ1) is 6.18. The Morgan fingerprint density at radius 2 is 2.31 bits per heavy atom. The molecule has 0 radical (unpaired) electrons. The second-order valence-corrected chi connectivity index (χ2v) is 3.41. The second kappa shape index (κ2) is 4.99. The number of hydrogen-bond donors (Lipinski definition) is 1. The van der Waals surface area contributed by atoms with Crippen LogP contribution in [-0.4, -0.2) is 37.2 Å². The third-order valence-electron chi connectivity index (χ3n) is 1.72. The molecule has 0 saturated carbocycles. The van der Waals surface area contributed by atoms with Crippen LogP contribution in [0, 0.1) is 6.92 Å². The molecule has 0 atom stereocenters. The van der Waals surface area contributed by atoms with Gasteiger partial charge in [-0.25, -0.2) is 0 Å². The SMILES string of the molecule is Cc1cc(CNCCN(C)C)no1. The van der Waals surface area contributed by atoms with Gasteiger partial charge in [-0.1, -0.05) is 5.16 Å². The highest BCUT2D eigenvalue weighted by atomic mass is 16.5. The quantitative estimate of drug-likeness (QED) is 0.680. The maximum atomic E-state index is 4.94. The zero-order chi connectivity index (χ0) is 9.68. The van der Waals surface area contributed by atoms with E-state index in [0.29, 0.717) is 0 Å². The molecule has 0 aliphatic rings. The predicted octanol–water partition coefficient (Wildman–Crippen LogP) is 0.634. The van der Waals surface area contributed by atoms with E-state index in [1.54, 1.807) is 0 Å². The molecule has 4 nitrogen and oxygen atoms in total. The third-order valence-corrected chi connectivity index (χ3v) is 1.72. The van der Waals surface area contributed by atoms with E-state index in [1.165, 1.54) is 0 Å². The maximum Gasteiger partial charge on any atom is 0.133 e. The minimum Gasteiger partial charge on any atom is -0.361 e. The first-order valence-corrected chi connectivity index (χ1v) is 4.46. The van der Waals surface area contributed by atoms with Crippen molar-refractivity contribution < 1.29 is 4.52 Å². The number of likely N-dealkylation sites (N-methyl/N-ethyl adjacent to an activating group) is 1. The Balaban J connectivity index is 2.13. The Morgan fingerprint density at radius 1 is 1.54 bits per heavy atom. The molecule has 0 aromatic carbocycles. The smallest absolute Gasteiger partial charge is 0.133 e. The van der Waals surface area contributed by atoms with Crippen molar-refractivity contribution in [3.05, 3.63) is 17.5 Å². The first kappa shape index (κ1) is 10.2. The van der Waals surface area contributed by atoms with Crippen LogP contribution in [0.15, 0.2) is 10.6 Å². The van der Waals surface area contributed by atoms with E-state index in [2.05, 4.69) is 29.5 Å². The van der Waals surface area contributed by atoms with Crippen molar-refractivity contribution in [2.45, 2.75) is 13.5 Å². The number of aryl methyl sites for hydroxylation is 1. The van der Waals surface area contributed by atoms with Crippen LogP contribution in [0.25, 0.3) is 0 Å². The van der Waals surface area contributed by atoms with Gasteiger partial charge in [-0.2, -0.15) is 0 Å². The molecule has 1 aromatic rings. The zero-order valence-electron chi connectivity index (χ0n) is 8.50. The summed E-state index contributed by atoms with van der Waals surface area (Å²) in [6.45, 7) is 4.69. The summed E-state index contributed by atoms with van der Waals surface area (Å²) in [5.41, 5.74) is 0.969. The highest BCUT2D eigenvalue weighted by Crippen LogP contribution is 1.99. The Morgan fingerprint density at radius 3 is 2.85 bits per heavy atom. The van der Waals surface area contributed by atoms with E-state index >= 15 is 0 Å². The van der Waals surface area contributed by atoms with Crippen LogP contribution in [0.1, 0.15) is 11.5 Å². The Labute approximate surface area is 78.9 Å². The van der Waals surface area contributed by atoms with Crippen molar-refractivity contribution in [1.29, 1.82) is 0 Å². The van der Waals surface area contributed by atoms with Crippen LogP contribution in [0.3, 0.4) is 0 Å². The molecule has 0 spiro atoms. The van der Waals surface area contributed by atoms with Crippen molar-refractivity contribution in [2.75, 3.05) is 27.2 Å². The van der Waals surface area contributed by atoms with Crippen LogP contribution in [0.4, 0.5) is 0 Å². The average Bonchev–Trinajstić information content (AvgIpc) is 2.45. The summed E-state index contributed by atoms with van der Waals surface area (Å²) in [5.74, 6) is 0.865. The normalized spacial score (nSPS) is 11.1. The summed E-state index contributed by atoms with van der Waals surface area (Å²) in [4.78, 5) is 2.14. The molecule has 0 unspecified atom stereocenters. The zero-order valence-corrected chi connectivity index (χ0v) is 8.50. The maximum absolute atomic E-state index is 4.94. The lowest BCUT2D eigenvalue weighted by atomic mass is 10.4. The molecule has 4 heteroatoms. The molecular formula is C9H17N3O. The van der Waals surface area contributed by atoms with Gasteiger partial charge in [0.05, 0.1) is 5.69 Å². The van der Waals surface area contributed by atoms with Crippen LogP contribution < -0.4 is 5.32 Å². The van der Waals surface area contributed by atoms with E-state index < -0.39 is 0 Å². The highest BCUT2D eigenvalue weighted by Gasteiger charge is 1.98. The molecule has 1 heterocycles. The molecule has 0 aliphatic heterocycles. The Kier molecular flexibility index (Phi) is 3.92. The van der Waals surface area contributed by atoms with Crippen molar-refractivity contribution in [3.8, 4) is 0 Å². The molecule has 1 N–H and O–H groups in total. The fourth-order valence-corrected chi connectivity index (χ4v) is 1.02. The fraction of sp³-hybridized carbons (Fsp3) is 0.667. The predicted molar refractivity (Wildman–Crippen MR) is 51.5 cm³/mol. The summed E-state index contributed by atoms with van der Waals surface area (Å²) in [7, 11) is 4.11. The van der Waals surface area contributed by atoms with E-state index in [1.807, 2.05) is 13.0 Å². The standard InChI is InChI=1S/C9H17N3O/c1-8-6-9(11-13-8)7-10-4-5-12(2)3/h6,10H,4-5,7H2,1-3H3. The molecule has 0 fully saturated rings. The van der Waals surface area contributed by atoms with Gasteiger partial charge in [0.25, 0.3) is 0 Å². The average molecular weight is 183 g/mol. The molecule has 1 aromatic heterocycles. The van der Waals surface area contributed by atoms with E-state index in [9.17, 15) is 0 Å². The lowest BCUT2D eigenvalue weighted by molar-refractivity contribution is 0.381. The largest absolute Gasteiger partial charge is 0.361 e. The van der Waals surface area contributed by atoms with Gasteiger partial charge in [0.2, 0.25) is 0 Å². The number of aromatic nitrogens is 1. The van der Waals surface area contributed by atoms with Crippen molar-refractivity contribution >= 4 is 0 Å². The van der Waals surface area contributed by atoms with Crippen LogP contribution >= 0.6 is 0 Å². The van der Waals surface area contributed by atoms with Gasteiger partial charge in [-0.15, -0.1) is 0 Å². The summed E-state index contributed by atoms with van der Waals surface area (Å²) in [5, 5.41) is 7.16. The Bertz CT molecular complexity index is 245. The molecule has 0 bridgehead atoms. The molecule has 0 amide bonds. The minimum atomic E-state index is 0.783.